The minimum atomic E-state index is -0.572. The number of ether oxygens (including phenoxy) is 1. The SMILES string of the molecule is CCC(CC)C1(OC(=O)C(C)(CC)NI)CCCCC1. The number of hydrogen-bond donors (Lipinski definition) is 1. The molecule has 1 fully saturated rings. The fourth-order valence-electron chi connectivity index (χ4n) is 3.32. The van der Waals surface area contributed by atoms with Crippen LogP contribution in [0, 0.1) is 5.92 Å². The summed E-state index contributed by atoms with van der Waals surface area (Å²) in [4.78, 5) is 12.6. The number of carbonyl (C=O) groups excluding carboxylic acids is 1. The molecule has 20 heavy (non-hydrogen) atoms. The summed E-state index contributed by atoms with van der Waals surface area (Å²) in [6.07, 6.45) is 8.63. The van der Waals surface area contributed by atoms with Gasteiger partial charge >= 0.3 is 5.97 Å². The highest BCUT2D eigenvalue weighted by Gasteiger charge is 2.45. The molecule has 1 atom stereocenters. The Kier molecular flexibility index (Phi) is 7.25. The van der Waals surface area contributed by atoms with Gasteiger partial charge in [0.2, 0.25) is 0 Å². The molecule has 0 aromatic heterocycles. The van der Waals surface area contributed by atoms with Crippen LogP contribution in [-0.4, -0.2) is 17.1 Å². The van der Waals surface area contributed by atoms with Crippen molar-refractivity contribution in [3.63, 3.8) is 0 Å². The lowest BCUT2D eigenvalue weighted by Crippen LogP contribution is -2.52. The zero-order valence-electron chi connectivity index (χ0n) is 13.4. The van der Waals surface area contributed by atoms with Gasteiger partial charge in [0, 0.05) is 22.9 Å². The third-order valence-corrected chi connectivity index (χ3v) is 6.28. The Morgan fingerprint density at radius 3 is 2.20 bits per heavy atom. The third-order valence-electron chi connectivity index (χ3n) is 5.09. The summed E-state index contributed by atoms with van der Waals surface area (Å²) in [6.45, 7) is 8.39. The first-order chi connectivity index (χ1) is 9.48. The fourth-order valence-corrected chi connectivity index (χ4v) is 3.93. The number of carbonyl (C=O) groups is 1. The van der Waals surface area contributed by atoms with Gasteiger partial charge in [0.25, 0.3) is 0 Å². The van der Waals surface area contributed by atoms with E-state index >= 15 is 0 Å². The molecule has 3 nitrogen and oxygen atoms in total. The Morgan fingerprint density at radius 1 is 1.25 bits per heavy atom. The molecule has 1 saturated carbocycles. The molecule has 1 aliphatic rings. The molecule has 0 spiro atoms. The largest absolute Gasteiger partial charge is 0.457 e. The summed E-state index contributed by atoms with van der Waals surface area (Å²) in [5, 5.41) is 0. The van der Waals surface area contributed by atoms with E-state index in [1.54, 1.807) is 0 Å². The van der Waals surface area contributed by atoms with E-state index in [0.29, 0.717) is 5.92 Å². The van der Waals surface area contributed by atoms with Gasteiger partial charge in [-0.15, -0.1) is 0 Å². The normalized spacial score (nSPS) is 21.5. The second kappa shape index (κ2) is 7.97. The van der Waals surface area contributed by atoms with Gasteiger partial charge in [0.1, 0.15) is 11.1 Å². The molecule has 0 amide bonds. The highest BCUT2D eigenvalue weighted by Crippen LogP contribution is 2.41. The van der Waals surface area contributed by atoms with Gasteiger partial charge in [-0.3, -0.25) is 4.79 Å². The van der Waals surface area contributed by atoms with Crippen molar-refractivity contribution in [2.45, 2.75) is 90.2 Å². The highest BCUT2D eigenvalue weighted by atomic mass is 127. The second-order valence-corrected chi connectivity index (χ2v) is 6.85. The molecule has 0 aromatic carbocycles. The van der Waals surface area contributed by atoms with Crippen LogP contribution in [0.25, 0.3) is 0 Å². The van der Waals surface area contributed by atoms with Crippen LogP contribution in [0.15, 0.2) is 0 Å². The molecular weight excluding hydrogens is 365 g/mol. The van der Waals surface area contributed by atoms with E-state index in [0.717, 1.165) is 32.1 Å². The first kappa shape index (κ1) is 18.2. The summed E-state index contributed by atoms with van der Waals surface area (Å²) in [6, 6.07) is 0. The predicted octanol–water partition coefficient (Wildman–Crippen LogP) is 4.78. The van der Waals surface area contributed by atoms with Gasteiger partial charge in [-0.2, -0.15) is 0 Å². The average molecular weight is 395 g/mol. The second-order valence-electron chi connectivity index (χ2n) is 6.31. The maximum absolute atomic E-state index is 12.6. The van der Waals surface area contributed by atoms with Crippen molar-refractivity contribution in [3.05, 3.63) is 0 Å². The van der Waals surface area contributed by atoms with Gasteiger partial charge in [-0.05, 0) is 57.8 Å². The van der Waals surface area contributed by atoms with Crippen molar-refractivity contribution in [1.29, 1.82) is 0 Å². The van der Waals surface area contributed by atoms with Crippen LogP contribution in [0.2, 0.25) is 0 Å². The number of halogens is 1. The van der Waals surface area contributed by atoms with Gasteiger partial charge in [-0.1, -0.05) is 27.2 Å². The van der Waals surface area contributed by atoms with E-state index in [9.17, 15) is 4.79 Å². The summed E-state index contributed by atoms with van der Waals surface area (Å²) >= 11 is 2.07. The van der Waals surface area contributed by atoms with Crippen molar-refractivity contribution >= 4 is 28.8 Å². The smallest absolute Gasteiger partial charge is 0.327 e. The van der Waals surface area contributed by atoms with Gasteiger partial charge in [-0.25, -0.2) is 3.53 Å². The molecule has 118 valence electrons. The van der Waals surface area contributed by atoms with E-state index in [2.05, 4.69) is 40.2 Å². The minimum Gasteiger partial charge on any atom is -0.457 e. The lowest BCUT2D eigenvalue weighted by molar-refractivity contribution is -0.178. The minimum absolute atomic E-state index is 0.0804. The maximum atomic E-state index is 12.6. The quantitative estimate of drug-likeness (QED) is 0.383. The summed E-state index contributed by atoms with van der Waals surface area (Å²) in [5.41, 5.74) is -0.792. The zero-order valence-corrected chi connectivity index (χ0v) is 15.6. The molecule has 1 aliphatic carbocycles. The van der Waals surface area contributed by atoms with E-state index in [4.69, 9.17) is 4.74 Å². The molecule has 0 bridgehead atoms. The Bertz CT molecular complexity index is 306. The Labute approximate surface area is 138 Å². The van der Waals surface area contributed by atoms with Crippen LogP contribution in [-0.2, 0) is 9.53 Å². The molecule has 0 saturated heterocycles. The van der Waals surface area contributed by atoms with Gasteiger partial charge < -0.3 is 4.74 Å². The molecule has 0 aromatic rings. The van der Waals surface area contributed by atoms with Crippen molar-refractivity contribution in [3.8, 4) is 0 Å². The van der Waals surface area contributed by atoms with Crippen LogP contribution < -0.4 is 3.53 Å². The van der Waals surface area contributed by atoms with Crippen molar-refractivity contribution < 1.29 is 9.53 Å². The molecule has 1 unspecified atom stereocenters. The summed E-state index contributed by atoms with van der Waals surface area (Å²) < 4.78 is 9.27. The van der Waals surface area contributed by atoms with Crippen LogP contribution in [0.1, 0.15) is 79.1 Å². The van der Waals surface area contributed by atoms with E-state index in [1.165, 1.54) is 19.3 Å². The lowest BCUT2D eigenvalue weighted by Gasteiger charge is -2.44. The highest BCUT2D eigenvalue weighted by molar-refractivity contribution is 14.1. The van der Waals surface area contributed by atoms with Crippen LogP contribution in [0.3, 0.4) is 0 Å². The predicted molar refractivity (Wildman–Crippen MR) is 91.8 cm³/mol. The van der Waals surface area contributed by atoms with Crippen molar-refractivity contribution in [1.82, 2.24) is 3.53 Å². The zero-order chi connectivity index (χ0) is 15.2. The van der Waals surface area contributed by atoms with Gasteiger partial charge in [0.05, 0.1) is 0 Å². The van der Waals surface area contributed by atoms with Crippen LogP contribution in [0.4, 0.5) is 0 Å². The third kappa shape index (κ3) is 3.87. The summed E-state index contributed by atoms with van der Waals surface area (Å²) in [7, 11) is 0. The number of rotatable bonds is 7. The first-order valence-corrected chi connectivity index (χ1v) is 9.17. The standard InChI is InChI=1S/C16H30INO2/c1-5-13(6-2)16(11-9-8-10-12-16)20-14(19)15(4,7-3)18-17/h13,18H,5-12H2,1-4H3. The number of esters is 1. The first-order valence-electron chi connectivity index (χ1n) is 8.09. The molecule has 1 rings (SSSR count). The molecular formula is C16H30INO2. The van der Waals surface area contributed by atoms with Crippen molar-refractivity contribution in [2.75, 3.05) is 0 Å². The summed E-state index contributed by atoms with van der Waals surface area (Å²) in [5.74, 6) is 0.408. The molecule has 0 radical (unpaired) electrons. The lowest BCUT2D eigenvalue weighted by atomic mass is 9.73. The monoisotopic (exact) mass is 395 g/mol. The Morgan fingerprint density at radius 2 is 1.80 bits per heavy atom. The number of hydrogen-bond acceptors (Lipinski definition) is 3. The fraction of sp³-hybridized carbons (Fsp3) is 0.938. The molecule has 4 heteroatoms. The molecule has 0 aliphatic heterocycles. The van der Waals surface area contributed by atoms with E-state index in [-0.39, 0.29) is 11.6 Å². The average Bonchev–Trinajstić information content (AvgIpc) is 2.48. The van der Waals surface area contributed by atoms with Crippen LogP contribution >= 0.6 is 22.9 Å². The number of nitrogens with one attached hydrogen (secondary N) is 1. The van der Waals surface area contributed by atoms with Crippen LogP contribution in [0.5, 0.6) is 0 Å². The maximum Gasteiger partial charge on any atom is 0.327 e. The Hall–Kier alpha value is 0.160. The van der Waals surface area contributed by atoms with Gasteiger partial charge in [0.15, 0.2) is 0 Å². The molecule has 1 N–H and O–H groups in total. The van der Waals surface area contributed by atoms with E-state index < -0.39 is 5.54 Å². The molecule has 0 heterocycles. The topological polar surface area (TPSA) is 38.3 Å². The van der Waals surface area contributed by atoms with Crippen molar-refractivity contribution in [2.24, 2.45) is 5.92 Å². The Balaban J connectivity index is 2.92. The van der Waals surface area contributed by atoms with E-state index in [1.807, 2.05) is 13.8 Å².